The first-order valence-electron chi connectivity index (χ1n) is 8.20. The summed E-state index contributed by atoms with van der Waals surface area (Å²) in [5, 5.41) is 11.0. The lowest BCUT2D eigenvalue weighted by Gasteiger charge is -2.43. The number of amides is 1. The van der Waals surface area contributed by atoms with Crippen molar-refractivity contribution >= 4 is 17.7 Å². The maximum atomic E-state index is 13.7. The Morgan fingerprint density at radius 2 is 1.88 bits per heavy atom. The Kier molecular flexibility index (Phi) is 5.77. The molecule has 1 amide bonds. The molecule has 1 atom stereocenters. The number of ether oxygens (including phenoxy) is 1. The Labute approximate surface area is 155 Å². The van der Waals surface area contributed by atoms with Crippen LogP contribution in [0.1, 0.15) is 45.2 Å². The molecule has 1 aromatic rings. The van der Waals surface area contributed by atoms with Gasteiger partial charge in [0.15, 0.2) is 0 Å². The molecular formula is C17H22ClF3N2O3. The molecule has 9 heteroatoms. The number of hydrogen-bond acceptors (Lipinski definition) is 4. The smallest absolute Gasteiger partial charge is 0.410 e. The number of piperidine rings is 1. The minimum atomic E-state index is -4.69. The number of aromatic nitrogens is 1. The van der Waals surface area contributed by atoms with Gasteiger partial charge in [-0.15, -0.1) is 0 Å². The van der Waals surface area contributed by atoms with Gasteiger partial charge in [0.2, 0.25) is 0 Å². The van der Waals surface area contributed by atoms with Crippen LogP contribution in [0.25, 0.3) is 0 Å². The van der Waals surface area contributed by atoms with E-state index in [2.05, 4.69) is 4.98 Å². The number of pyridine rings is 1. The van der Waals surface area contributed by atoms with Crippen LogP contribution in [-0.2, 0) is 4.74 Å². The van der Waals surface area contributed by atoms with Crippen LogP contribution in [0.4, 0.5) is 18.0 Å². The van der Waals surface area contributed by atoms with Crippen LogP contribution in [0.5, 0.6) is 0 Å². The van der Waals surface area contributed by atoms with Crippen LogP contribution in [-0.4, -0.2) is 51.6 Å². The molecule has 0 radical (unpaired) electrons. The topological polar surface area (TPSA) is 62.7 Å². The molecule has 1 aromatic heterocycles. The lowest BCUT2D eigenvalue weighted by molar-refractivity contribution is -0.205. The zero-order valence-electron chi connectivity index (χ0n) is 14.8. The molecule has 1 N–H and O–H groups in total. The van der Waals surface area contributed by atoms with Crippen molar-refractivity contribution in [3.8, 4) is 0 Å². The number of hydrogen-bond donors (Lipinski definition) is 1. The van der Waals surface area contributed by atoms with Crippen LogP contribution >= 0.6 is 11.6 Å². The number of rotatable bonds is 2. The van der Waals surface area contributed by atoms with Gasteiger partial charge < -0.3 is 14.7 Å². The number of carbonyl (C=O) groups is 1. The lowest BCUT2D eigenvalue weighted by atomic mass is 9.77. The van der Waals surface area contributed by atoms with Crippen LogP contribution in [0.2, 0.25) is 5.02 Å². The molecule has 1 fully saturated rings. The highest BCUT2D eigenvalue weighted by molar-refractivity contribution is 6.30. The molecule has 0 spiro atoms. The highest BCUT2D eigenvalue weighted by Gasteiger charge is 2.55. The summed E-state index contributed by atoms with van der Waals surface area (Å²) in [6.07, 6.45) is -4.65. The Morgan fingerprint density at radius 1 is 1.31 bits per heavy atom. The van der Waals surface area contributed by atoms with E-state index < -0.39 is 29.4 Å². The van der Waals surface area contributed by atoms with E-state index in [1.54, 1.807) is 20.8 Å². The van der Waals surface area contributed by atoms with Gasteiger partial charge in [-0.3, -0.25) is 4.98 Å². The third-order valence-electron chi connectivity index (χ3n) is 4.19. The van der Waals surface area contributed by atoms with Crippen molar-refractivity contribution in [1.29, 1.82) is 0 Å². The first-order valence-corrected chi connectivity index (χ1v) is 8.58. The fourth-order valence-electron chi connectivity index (χ4n) is 3.00. The van der Waals surface area contributed by atoms with Crippen molar-refractivity contribution in [2.24, 2.45) is 0 Å². The fraction of sp³-hybridized carbons (Fsp3) is 0.647. The molecule has 2 heterocycles. The van der Waals surface area contributed by atoms with Gasteiger partial charge in [-0.25, -0.2) is 4.79 Å². The summed E-state index contributed by atoms with van der Waals surface area (Å²) in [5.41, 5.74) is -3.06. The lowest BCUT2D eigenvalue weighted by Crippen LogP contribution is -2.53. The summed E-state index contributed by atoms with van der Waals surface area (Å²) in [6.45, 7) is 5.04. The second-order valence-electron chi connectivity index (χ2n) is 7.45. The fourth-order valence-corrected chi connectivity index (χ4v) is 3.11. The van der Waals surface area contributed by atoms with Crippen molar-refractivity contribution in [1.82, 2.24) is 9.88 Å². The van der Waals surface area contributed by atoms with Gasteiger partial charge in [-0.05, 0) is 45.7 Å². The van der Waals surface area contributed by atoms with E-state index in [4.69, 9.17) is 16.3 Å². The number of alkyl halides is 3. The minimum absolute atomic E-state index is 0.0361. The normalized spacial score (nSPS) is 19.2. The number of carbonyl (C=O) groups excluding carboxylic acids is 1. The number of halogens is 4. The monoisotopic (exact) mass is 394 g/mol. The highest BCUT2D eigenvalue weighted by atomic mass is 35.5. The Hall–Kier alpha value is -1.54. The SMILES string of the molecule is CC(C)(C)OC(=O)N1CCC(O)([C@@H](c2ccc(Cl)cn2)C(F)(F)F)CC1. The van der Waals surface area contributed by atoms with Crippen molar-refractivity contribution in [3.05, 3.63) is 29.0 Å². The number of likely N-dealkylation sites (tertiary alicyclic amines) is 1. The van der Waals surface area contributed by atoms with Crippen LogP contribution in [0.3, 0.4) is 0 Å². The van der Waals surface area contributed by atoms with Gasteiger partial charge >= 0.3 is 12.3 Å². The van der Waals surface area contributed by atoms with Gasteiger partial charge in [0, 0.05) is 19.3 Å². The number of nitrogens with zero attached hydrogens (tertiary/aromatic N) is 2. The van der Waals surface area contributed by atoms with Gasteiger partial charge in [-0.1, -0.05) is 11.6 Å². The summed E-state index contributed by atoms with van der Waals surface area (Å²) < 4.78 is 46.3. The standard InChI is InChI=1S/C17H22ClF3N2O3/c1-15(2,3)26-14(24)23-8-6-16(25,7-9-23)13(17(19,20)21)12-5-4-11(18)10-22-12/h4-5,10,13,25H,6-9H2,1-3H3/t13-/m1/s1. The Morgan fingerprint density at radius 3 is 2.31 bits per heavy atom. The van der Waals surface area contributed by atoms with Gasteiger partial charge in [0.25, 0.3) is 0 Å². The maximum absolute atomic E-state index is 13.7. The molecule has 5 nitrogen and oxygen atoms in total. The van der Waals surface area contributed by atoms with E-state index in [1.165, 1.54) is 17.0 Å². The largest absolute Gasteiger partial charge is 0.444 e. The van der Waals surface area contributed by atoms with Gasteiger partial charge in [-0.2, -0.15) is 13.2 Å². The first kappa shape index (κ1) is 20.8. The molecule has 0 bridgehead atoms. The summed E-state index contributed by atoms with van der Waals surface area (Å²) in [7, 11) is 0. The average molecular weight is 395 g/mol. The van der Waals surface area contributed by atoms with E-state index in [-0.39, 0.29) is 36.6 Å². The third-order valence-corrected chi connectivity index (χ3v) is 4.42. The molecule has 1 saturated heterocycles. The van der Waals surface area contributed by atoms with Crippen molar-refractivity contribution < 1.29 is 27.8 Å². The van der Waals surface area contributed by atoms with Crippen molar-refractivity contribution in [2.45, 2.75) is 56.9 Å². The zero-order chi connectivity index (χ0) is 19.8. The first-order chi connectivity index (χ1) is 11.8. The van der Waals surface area contributed by atoms with E-state index >= 15 is 0 Å². The van der Waals surface area contributed by atoms with Gasteiger partial charge in [0.05, 0.1) is 16.3 Å². The molecule has 26 heavy (non-hydrogen) atoms. The molecule has 146 valence electrons. The molecule has 0 unspecified atom stereocenters. The maximum Gasteiger partial charge on any atom is 0.410 e. The second kappa shape index (κ2) is 7.23. The summed E-state index contributed by atoms with van der Waals surface area (Å²) in [6, 6.07) is 2.47. The average Bonchev–Trinajstić information content (AvgIpc) is 2.47. The van der Waals surface area contributed by atoms with Crippen molar-refractivity contribution in [2.75, 3.05) is 13.1 Å². The Balaban J connectivity index is 2.18. The van der Waals surface area contributed by atoms with Crippen molar-refractivity contribution in [3.63, 3.8) is 0 Å². The summed E-state index contributed by atoms with van der Waals surface area (Å²) >= 11 is 5.69. The third kappa shape index (κ3) is 5.01. The highest BCUT2D eigenvalue weighted by Crippen LogP contribution is 2.46. The Bertz CT molecular complexity index is 636. The summed E-state index contributed by atoms with van der Waals surface area (Å²) in [4.78, 5) is 17.1. The molecule has 1 aliphatic rings. The predicted octanol–water partition coefficient (Wildman–Crippen LogP) is 4.14. The van der Waals surface area contributed by atoms with E-state index in [0.717, 1.165) is 6.20 Å². The summed E-state index contributed by atoms with van der Waals surface area (Å²) in [5.74, 6) is -2.16. The van der Waals surface area contributed by atoms with E-state index in [0.29, 0.717) is 0 Å². The zero-order valence-corrected chi connectivity index (χ0v) is 15.6. The molecule has 1 aliphatic heterocycles. The molecule has 0 saturated carbocycles. The van der Waals surface area contributed by atoms with Crippen LogP contribution < -0.4 is 0 Å². The number of aliphatic hydroxyl groups is 1. The van der Waals surface area contributed by atoms with E-state index in [9.17, 15) is 23.1 Å². The van der Waals surface area contributed by atoms with Crippen LogP contribution in [0.15, 0.2) is 18.3 Å². The molecule has 2 rings (SSSR count). The molecular weight excluding hydrogens is 373 g/mol. The van der Waals surface area contributed by atoms with Gasteiger partial charge in [0.1, 0.15) is 11.5 Å². The molecule has 0 aromatic carbocycles. The predicted molar refractivity (Wildman–Crippen MR) is 90.0 cm³/mol. The second-order valence-corrected chi connectivity index (χ2v) is 7.88. The van der Waals surface area contributed by atoms with E-state index in [1.807, 2.05) is 0 Å². The minimum Gasteiger partial charge on any atom is -0.444 e. The van der Waals surface area contributed by atoms with Crippen LogP contribution in [0, 0.1) is 0 Å². The molecule has 0 aliphatic carbocycles. The quantitative estimate of drug-likeness (QED) is 0.818.